The van der Waals surface area contributed by atoms with Crippen molar-refractivity contribution in [1.29, 1.82) is 0 Å². The van der Waals surface area contributed by atoms with Crippen LogP contribution in [-0.2, 0) is 4.79 Å². The maximum Gasteiger partial charge on any atom is 0.224 e. The van der Waals surface area contributed by atoms with Crippen molar-refractivity contribution in [2.75, 3.05) is 37.9 Å². The Balaban J connectivity index is 2.58. The zero-order valence-corrected chi connectivity index (χ0v) is 10.8. The minimum absolute atomic E-state index is 0.0644. The first kappa shape index (κ1) is 13.5. The molecular formula is C13H21N3O. The highest BCUT2D eigenvalue weighted by Crippen LogP contribution is 2.23. The molecule has 1 aromatic carbocycles. The second-order valence-corrected chi connectivity index (χ2v) is 4.17. The molecule has 0 aliphatic heterocycles. The third-order valence-corrected chi connectivity index (χ3v) is 2.49. The van der Waals surface area contributed by atoms with Gasteiger partial charge in [0.25, 0.3) is 0 Å². The maximum absolute atomic E-state index is 11.7. The summed E-state index contributed by atoms with van der Waals surface area (Å²) in [6.45, 7) is 0.864. The van der Waals surface area contributed by atoms with Gasteiger partial charge in [-0.05, 0) is 32.1 Å². The molecule has 0 spiro atoms. The number of amides is 1. The summed E-state index contributed by atoms with van der Waals surface area (Å²) in [7, 11) is 5.82. The molecule has 0 unspecified atom stereocenters. The van der Waals surface area contributed by atoms with Crippen LogP contribution in [-0.4, -0.2) is 33.6 Å². The van der Waals surface area contributed by atoms with E-state index < -0.39 is 0 Å². The van der Waals surface area contributed by atoms with Gasteiger partial charge in [0.05, 0.1) is 11.4 Å². The largest absolute Gasteiger partial charge is 0.376 e. The van der Waals surface area contributed by atoms with Crippen LogP contribution in [0, 0.1) is 0 Å². The van der Waals surface area contributed by atoms with E-state index in [4.69, 9.17) is 0 Å². The molecule has 0 aromatic heterocycles. The van der Waals surface area contributed by atoms with Crippen molar-refractivity contribution >= 4 is 17.3 Å². The van der Waals surface area contributed by atoms with Gasteiger partial charge in [0, 0.05) is 20.5 Å². The molecule has 4 nitrogen and oxygen atoms in total. The number of benzene rings is 1. The van der Waals surface area contributed by atoms with Gasteiger partial charge in [-0.25, -0.2) is 0 Å². The lowest BCUT2D eigenvalue weighted by molar-refractivity contribution is -0.116. The normalized spacial score (nSPS) is 10.1. The average molecular weight is 235 g/mol. The molecule has 0 saturated carbocycles. The Morgan fingerprint density at radius 1 is 1.29 bits per heavy atom. The van der Waals surface area contributed by atoms with E-state index in [-0.39, 0.29) is 5.91 Å². The highest BCUT2D eigenvalue weighted by atomic mass is 16.1. The van der Waals surface area contributed by atoms with E-state index in [1.165, 1.54) is 0 Å². The number of hydrogen-bond donors (Lipinski definition) is 2. The molecule has 1 amide bonds. The highest BCUT2D eigenvalue weighted by Gasteiger charge is 2.07. The second kappa shape index (κ2) is 6.91. The van der Waals surface area contributed by atoms with Crippen LogP contribution < -0.4 is 15.5 Å². The first-order valence-electron chi connectivity index (χ1n) is 5.86. The number of para-hydroxylation sites is 2. The number of hydrogen-bond acceptors (Lipinski definition) is 3. The topological polar surface area (TPSA) is 44.4 Å². The number of nitrogens with one attached hydrogen (secondary N) is 2. The molecule has 0 atom stereocenters. The zero-order valence-electron chi connectivity index (χ0n) is 10.8. The summed E-state index contributed by atoms with van der Waals surface area (Å²) in [4.78, 5) is 13.7. The van der Waals surface area contributed by atoms with Gasteiger partial charge in [-0.15, -0.1) is 0 Å². The van der Waals surface area contributed by atoms with Crippen molar-refractivity contribution in [3.63, 3.8) is 0 Å². The van der Waals surface area contributed by atoms with Gasteiger partial charge in [0.1, 0.15) is 0 Å². The van der Waals surface area contributed by atoms with Crippen LogP contribution >= 0.6 is 0 Å². The fourth-order valence-corrected chi connectivity index (χ4v) is 1.61. The van der Waals surface area contributed by atoms with Crippen LogP contribution in [0.5, 0.6) is 0 Å². The van der Waals surface area contributed by atoms with Crippen LogP contribution in [0.15, 0.2) is 24.3 Å². The monoisotopic (exact) mass is 235 g/mol. The summed E-state index contributed by atoms with van der Waals surface area (Å²) < 4.78 is 0. The number of anilines is 2. The van der Waals surface area contributed by atoms with Crippen molar-refractivity contribution in [2.24, 2.45) is 0 Å². The fraction of sp³-hybridized carbons (Fsp3) is 0.462. The number of nitrogens with zero attached hydrogens (tertiary/aromatic N) is 1. The molecule has 0 fully saturated rings. The first-order valence-corrected chi connectivity index (χ1v) is 5.86. The molecule has 17 heavy (non-hydrogen) atoms. The van der Waals surface area contributed by atoms with Crippen LogP contribution in [0.1, 0.15) is 12.8 Å². The molecule has 1 aromatic rings. The van der Waals surface area contributed by atoms with E-state index in [1.807, 2.05) is 50.3 Å². The highest BCUT2D eigenvalue weighted by molar-refractivity contribution is 5.94. The minimum Gasteiger partial charge on any atom is -0.376 e. The summed E-state index contributed by atoms with van der Waals surface area (Å²) in [5.74, 6) is 0.0644. The van der Waals surface area contributed by atoms with Crippen molar-refractivity contribution in [3.8, 4) is 0 Å². The van der Waals surface area contributed by atoms with Crippen molar-refractivity contribution < 1.29 is 4.79 Å². The van der Waals surface area contributed by atoms with E-state index in [9.17, 15) is 4.79 Å². The van der Waals surface area contributed by atoms with Gasteiger partial charge in [-0.2, -0.15) is 0 Å². The third-order valence-electron chi connectivity index (χ3n) is 2.49. The Hall–Kier alpha value is -1.55. The molecular weight excluding hydrogens is 214 g/mol. The number of carbonyl (C=O) groups excluding carboxylic acids is 1. The van der Waals surface area contributed by atoms with E-state index >= 15 is 0 Å². The molecule has 0 saturated heterocycles. The van der Waals surface area contributed by atoms with E-state index in [0.29, 0.717) is 6.42 Å². The Kier molecular flexibility index (Phi) is 5.49. The second-order valence-electron chi connectivity index (χ2n) is 4.17. The van der Waals surface area contributed by atoms with Gasteiger partial charge >= 0.3 is 0 Å². The first-order chi connectivity index (χ1) is 8.15. The molecule has 0 radical (unpaired) electrons. The standard InChI is InChI=1S/C13H21N3O/c1-14-10-6-9-13(17)15-11-7-4-5-8-12(11)16(2)3/h4-5,7-8,14H,6,9-10H2,1-3H3,(H,15,17). The van der Waals surface area contributed by atoms with Crippen LogP contribution in [0.3, 0.4) is 0 Å². The zero-order chi connectivity index (χ0) is 12.7. The lowest BCUT2D eigenvalue weighted by Crippen LogP contribution is -2.18. The Morgan fingerprint density at radius 3 is 2.65 bits per heavy atom. The Labute approximate surface area is 103 Å². The fourth-order valence-electron chi connectivity index (χ4n) is 1.61. The average Bonchev–Trinajstić information content (AvgIpc) is 2.29. The van der Waals surface area contributed by atoms with Gasteiger partial charge in [0.15, 0.2) is 0 Å². The van der Waals surface area contributed by atoms with Gasteiger partial charge in [0.2, 0.25) is 5.91 Å². The van der Waals surface area contributed by atoms with Gasteiger partial charge in [-0.3, -0.25) is 4.79 Å². The predicted molar refractivity (Wildman–Crippen MR) is 72.6 cm³/mol. The van der Waals surface area contributed by atoms with E-state index in [1.54, 1.807) is 0 Å². The number of rotatable bonds is 6. The van der Waals surface area contributed by atoms with E-state index in [0.717, 1.165) is 24.3 Å². The van der Waals surface area contributed by atoms with Crippen molar-refractivity contribution in [1.82, 2.24) is 5.32 Å². The van der Waals surface area contributed by atoms with Gasteiger partial charge < -0.3 is 15.5 Å². The predicted octanol–water partition coefficient (Wildman–Crippen LogP) is 1.69. The van der Waals surface area contributed by atoms with Gasteiger partial charge in [-0.1, -0.05) is 12.1 Å². The molecule has 4 heteroatoms. The molecule has 0 bridgehead atoms. The summed E-state index contributed by atoms with van der Waals surface area (Å²) in [6.07, 6.45) is 1.40. The Morgan fingerprint density at radius 2 is 2.00 bits per heavy atom. The molecule has 94 valence electrons. The number of carbonyl (C=O) groups is 1. The third kappa shape index (κ3) is 4.44. The Bertz CT molecular complexity index is 363. The summed E-state index contributed by atoms with van der Waals surface area (Å²) in [5, 5.41) is 5.97. The van der Waals surface area contributed by atoms with E-state index in [2.05, 4.69) is 10.6 Å². The van der Waals surface area contributed by atoms with Crippen molar-refractivity contribution in [2.45, 2.75) is 12.8 Å². The molecule has 0 aliphatic carbocycles. The molecule has 2 N–H and O–H groups in total. The van der Waals surface area contributed by atoms with Crippen LogP contribution in [0.2, 0.25) is 0 Å². The van der Waals surface area contributed by atoms with Crippen LogP contribution in [0.25, 0.3) is 0 Å². The minimum atomic E-state index is 0.0644. The summed E-state index contributed by atoms with van der Waals surface area (Å²) >= 11 is 0. The SMILES string of the molecule is CNCCCC(=O)Nc1ccccc1N(C)C. The van der Waals surface area contributed by atoms with Crippen LogP contribution in [0.4, 0.5) is 11.4 Å². The smallest absolute Gasteiger partial charge is 0.224 e. The molecule has 0 aliphatic rings. The lowest BCUT2D eigenvalue weighted by atomic mass is 10.2. The molecule has 1 rings (SSSR count). The summed E-state index contributed by atoms with van der Waals surface area (Å²) in [5.41, 5.74) is 1.89. The maximum atomic E-state index is 11.7. The quantitative estimate of drug-likeness (QED) is 0.738. The lowest BCUT2D eigenvalue weighted by Gasteiger charge is -2.17. The summed E-state index contributed by atoms with van der Waals surface area (Å²) in [6, 6.07) is 7.80. The van der Waals surface area contributed by atoms with Crippen molar-refractivity contribution in [3.05, 3.63) is 24.3 Å². The molecule has 0 heterocycles.